The molecule has 1 fully saturated rings. The summed E-state index contributed by atoms with van der Waals surface area (Å²) in [6.45, 7) is 1.51. The molecule has 184 valence electrons. The van der Waals surface area contributed by atoms with Crippen molar-refractivity contribution in [3.8, 4) is 0 Å². The molecule has 1 aliphatic heterocycles. The van der Waals surface area contributed by atoms with Gasteiger partial charge in [0.05, 0.1) is 23.2 Å². The number of amides is 1. The maximum atomic E-state index is 15.2. The summed E-state index contributed by atoms with van der Waals surface area (Å²) in [5, 5.41) is 14.3. The number of carbonyl (C=O) groups is 1. The number of aromatic amines is 1. The fourth-order valence-electron chi connectivity index (χ4n) is 5.46. The fourth-order valence-corrected chi connectivity index (χ4v) is 5.46. The summed E-state index contributed by atoms with van der Waals surface area (Å²) < 4.78 is 15.2. The van der Waals surface area contributed by atoms with Crippen LogP contribution in [0.15, 0.2) is 61.1 Å². The number of benzene rings is 2. The Kier molecular flexibility index (Phi) is 5.56. The van der Waals surface area contributed by atoms with Gasteiger partial charge in [-0.25, -0.2) is 14.4 Å². The molecule has 0 unspecified atom stereocenters. The first-order chi connectivity index (χ1) is 17.5. The minimum Gasteiger partial charge on any atom is -0.390 e. The number of H-pyrrole nitrogens is 1. The number of aliphatic hydroxyl groups excluding tert-OH is 1. The summed E-state index contributed by atoms with van der Waals surface area (Å²) >= 11 is 0. The predicted molar refractivity (Wildman–Crippen MR) is 136 cm³/mol. The number of nitrogens with one attached hydrogen (secondary N) is 2. The lowest BCUT2D eigenvalue weighted by Gasteiger charge is -2.28. The topological polar surface area (TPSA) is 97.4 Å². The summed E-state index contributed by atoms with van der Waals surface area (Å²) in [5.74, 6) is 0.0153. The number of halogens is 1. The average Bonchev–Trinajstić information content (AvgIpc) is 3.62. The second-order valence-corrected chi connectivity index (χ2v) is 9.52. The normalized spacial score (nSPS) is 21.1. The Morgan fingerprint density at radius 2 is 2.08 bits per heavy atom. The maximum absolute atomic E-state index is 15.2. The van der Waals surface area contributed by atoms with Gasteiger partial charge in [0.25, 0.3) is 5.91 Å². The molecular formula is C27H27FN6O2. The zero-order valence-corrected chi connectivity index (χ0v) is 19.9. The van der Waals surface area contributed by atoms with Crippen LogP contribution < -0.4 is 15.1 Å². The van der Waals surface area contributed by atoms with E-state index in [0.29, 0.717) is 18.7 Å². The first-order valence-corrected chi connectivity index (χ1v) is 12.1. The molecular weight excluding hydrogens is 459 g/mol. The maximum Gasteiger partial charge on any atom is 0.251 e. The minimum absolute atomic E-state index is 0.0910. The molecule has 6 rings (SSSR count). The van der Waals surface area contributed by atoms with Crippen molar-refractivity contribution in [2.45, 2.75) is 31.0 Å². The lowest BCUT2D eigenvalue weighted by atomic mass is 10.1. The lowest BCUT2D eigenvalue weighted by Crippen LogP contribution is -2.36. The predicted octanol–water partition coefficient (Wildman–Crippen LogP) is 3.20. The highest BCUT2D eigenvalue weighted by Gasteiger charge is 2.33. The number of likely N-dealkylation sites (N-methyl/N-ethyl adjacent to an activating group) is 1. The van der Waals surface area contributed by atoms with Crippen LogP contribution in [0.3, 0.4) is 0 Å². The Balaban J connectivity index is 1.15. The van der Waals surface area contributed by atoms with Crippen molar-refractivity contribution in [2.75, 3.05) is 29.9 Å². The second-order valence-electron chi connectivity index (χ2n) is 9.52. The number of anilines is 2. The number of hydrogen-bond donors (Lipinski definition) is 3. The van der Waals surface area contributed by atoms with Gasteiger partial charge in [-0.2, -0.15) is 0 Å². The summed E-state index contributed by atoms with van der Waals surface area (Å²) in [5.41, 5.74) is 3.39. The van der Waals surface area contributed by atoms with Gasteiger partial charge in [-0.05, 0) is 41.8 Å². The molecule has 8 nitrogen and oxygen atoms in total. The molecule has 36 heavy (non-hydrogen) atoms. The van der Waals surface area contributed by atoms with Gasteiger partial charge in [0, 0.05) is 44.4 Å². The van der Waals surface area contributed by atoms with Gasteiger partial charge < -0.3 is 25.2 Å². The van der Waals surface area contributed by atoms with Gasteiger partial charge in [-0.3, -0.25) is 4.79 Å². The van der Waals surface area contributed by atoms with E-state index in [-0.39, 0.29) is 11.6 Å². The zero-order chi connectivity index (χ0) is 24.8. The Morgan fingerprint density at radius 3 is 2.94 bits per heavy atom. The number of nitrogens with zero attached hydrogens (tertiary/aromatic N) is 4. The number of aromatic nitrogens is 3. The van der Waals surface area contributed by atoms with Crippen LogP contribution in [0.1, 0.15) is 33.9 Å². The second kappa shape index (κ2) is 8.91. The molecule has 9 heteroatoms. The van der Waals surface area contributed by atoms with Gasteiger partial charge in [-0.1, -0.05) is 24.3 Å². The van der Waals surface area contributed by atoms with Crippen molar-refractivity contribution in [1.29, 1.82) is 0 Å². The summed E-state index contributed by atoms with van der Waals surface area (Å²) in [6, 6.07) is 13.8. The smallest absolute Gasteiger partial charge is 0.251 e. The molecule has 3 atom stereocenters. The average molecular weight is 487 g/mol. The third-order valence-corrected chi connectivity index (χ3v) is 7.42. The van der Waals surface area contributed by atoms with Crippen LogP contribution >= 0.6 is 0 Å². The number of fused-ring (bicyclic) bond motifs is 2. The Morgan fingerprint density at radius 1 is 1.22 bits per heavy atom. The van der Waals surface area contributed by atoms with E-state index in [1.807, 2.05) is 48.5 Å². The van der Waals surface area contributed by atoms with Gasteiger partial charge >= 0.3 is 0 Å². The fraction of sp³-hybridized carbons (Fsp3) is 0.296. The molecule has 3 heterocycles. The van der Waals surface area contributed by atoms with Crippen LogP contribution in [0.25, 0.3) is 11.0 Å². The highest BCUT2D eigenvalue weighted by atomic mass is 19.1. The molecule has 2 aromatic carbocycles. The SMILES string of the molecule is CN(c1ccc(C(=O)N[C@@H]2c3ccccc3C[C@@H]2O)cc1F)[C@@H]1CCN(c2ncnc3[nH]ccc23)C1. The van der Waals surface area contributed by atoms with Crippen LogP contribution in [0, 0.1) is 5.82 Å². The molecule has 4 aromatic rings. The van der Waals surface area contributed by atoms with Crippen molar-refractivity contribution in [1.82, 2.24) is 20.3 Å². The molecule has 2 aromatic heterocycles. The van der Waals surface area contributed by atoms with Crippen molar-refractivity contribution >= 4 is 28.4 Å². The Labute approximate surface area is 207 Å². The molecule has 0 bridgehead atoms. The number of rotatable bonds is 5. The van der Waals surface area contributed by atoms with Gasteiger partial charge in [0.15, 0.2) is 0 Å². The van der Waals surface area contributed by atoms with Crippen LogP contribution in [0.2, 0.25) is 0 Å². The summed E-state index contributed by atoms with van der Waals surface area (Å²) in [7, 11) is 1.88. The quantitative estimate of drug-likeness (QED) is 0.401. The monoisotopic (exact) mass is 486 g/mol. The van der Waals surface area contributed by atoms with E-state index in [2.05, 4.69) is 25.2 Å². The lowest BCUT2D eigenvalue weighted by molar-refractivity contribution is 0.0858. The van der Waals surface area contributed by atoms with Crippen LogP contribution in [0.4, 0.5) is 15.9 Å². The molecule has 2 aliphatic rings. The summed E-state index contributed by atoms with van der Waals surface area (Å²) in [6.07, 6.45) is 4.05. The number of carbonyl (C=O) groups excluding carboxylic acids is 1. The molecule has 3 N–H and O–H groups in total. The van der Waals surface area contributed by atoms with Crippen LogP contribution in [-0.4, -0.2) is 58.2 Å². The van der Waals surface area contributed by atoms with Gasteiger partial charge in [0.1, 0.15) is 23.6 Å². The van der Waals surface area contributed by atoms with E-state index >= 15 is 4.39 Å². The molecule has 1 amide bonds. The van der Waals surface area contributed by atoms with Crippen LogP contribution in [-0.2, 0) is 6.42 Å². The number of hydrogen-bond acceptors (Lipinski definition) is 6. The largest absolute Gasteiger partial charge is 0.390 e. The molecule has 0 saturated carbocycles. The molecule has 1 saturated heterocycles. The first-order valence-electron chi connectivity index (χ1n) is 12.1. The van der Waals surface area contributed by atoms with E-state index in [9.17, 15) is 9.90 Å². The Hall–Kier alpha value is -3.98. The van der Waals surface area contributed by atoms with Crippen molar-refractivity contribution < 1.29 is 14.3 Å². The van der Waals surface area contributed by atoms with Crippen molar-refractivity contribution in [2.24, 2.45) is 0 Å². The van der Waals surface area contributed by atoms with E-state index < -0.39 is 23.9 Å². The first kappa shape index (κ1) is 22.5. The van der Waals surface area contributed by atoms with E-state index in [1.54, 1.807) is 18.5 Å². The van der Waals surface area contributed by atoms with Crippen molar-refractivity contribution in [3.63, 3.8) is 0 Å². The minimum atomic E-state index is -0.700. The van der Waals surface area contributed by atoms with Crippen molar-refractivity contribution in [3.05, 3.63) is 83.6 Å². The summed E-state index contributed by atoms with van der Waals surface area (Å²) in [4.78, 5) is 28.9. The third-order valence-electron chi connectivity index (χ3n) is 7.42. The van der Waals surface area contributed by atoms with E-state index in [1.165, 1.54) is 6.07 Å². The standard InChI is InChI=1S/C27H27FN6O2/c1-33(18-9-11-34(14-18)26-20-8-10-29-25(20)30-15-31-26)22-7-6-17(12-21(22)28)27(36)32-24-19-5-3-2-4-16(19)13-23(24)35/h2-8,10,12,15,18,23-24,35H,9,11,13-14H2,1H3,(H,32,36)(H,29,30,31)/t18-,23+,24-/m1/s1. The zero-order valence-electron chi connectivity index (χ0n) is 19.9. The molecule has 0 spiro atoms. The third kappa shape index (κ3) is 3.85. The molecule has 0 radical (unpaired) electrons. The Bertz CT molecular complexity index is 1440. The molecule has 1 aliphatic carbocycles. The number of aliphatic hydroxyl groups is 1. The van der Waals surface area contributed by atoms with Gasteiger partial charge in [-0.15, -0.1) is 0 Å². The highest BCUT2D eigenvalue weighted by Crippen LogP contribution is 2.32. The van der Waals surface area contributed by atoms with Crippen LogP contribution in [0.5, 0.6) is 0 Å². The highest BCUT2D eigenvalue weighted by molar-refractivity contribution is 5.95. The van der Waals surface area contributed by atoms with Gasteiger partial charge in [0.2, 0.25) is 0 Å². The van der Waals surface area contributed by atoms with E-state index in [4.69, 9.17) is 0 Å². The van der Waals surface area contributed by atoms with E-state index in [0.717, 1.165) is 40.9 Å².